The second-order valence-corrected chi connectivity index (χ2v) is 3.59. The van der Waals surface area contributed by atoms with Crippen LogP contribution in [0.15, 0.2) is 12.1 Å². The van der Waals surface area contributed by atoms with Crippen molar-refractivity contribution in [1.29, 1.82) is 0 Å². The minimum absolute atomic E-state index is 0.0249. The minimum atomic E-state index is -0.444. The van der Waals surface area contributed by atoms with Gasteiger partial charge in [0.2, 0.25) is 0 Å². The van der Waals surface area contributed by atoms with Gasteiger partial charge in [-0.3, -0.25) is 10.1 Å². The molecule has 1 N–H and O–H groups in total. The van der Waals surface area contributed by atoms with E-state index >= 15 is 0 Å². The largest absolute Gasteiger partial charge is 0.382 e. The van der Waals surface area contributed by atoms with Crippen LogP contribution in [0.25, 0.3) is 0 Å². The first kappa shape index (κ1) is 14.3. The fourth-order valence-electron chi connectivity index (χ4n) is 1.34. The van der Waals surface area contributed by atoms with Crippen LogP contribution in [-0.4, -0.2) is 43.4 Å². The Morgan fingerprint density at radius 3 is 2.78 bits per heavy atom. The van der Waals surface area contributed by atoms with E-state index in [2.05, 4.69) is 10.3 Å². The van der Waals surface area contributed by atoms with Gasteiger partial charge in [-0.05, 0) is 13.0 Å². The molecule has 7 heteroatoms. The Kier molecular flexibility index (Phi) is 6.03. The molecule has 0 amide bonds. The van der Waals surface area contributed by atoms with Crippen LogP contribution in [0.3, 0.4) is 0 Å². The number of aromatic nitrogens is 1. The van der Waals surface area contributed by atoms with Crippen molar-refractivity contribution in [3.63, 3.8) is 0 Å². The van der Waals surface area contributed by atoms with E-state index in [9.17, 15) is 10.1 Å². The molecule has 0 aliphatic rings. The molecule has 1 aromatic heterocycles. The van der Waals surface area contributed by atoms with E-state index in [0.29, 0.717) is 37.9 Å². The molecule has 0 saturated carbocycles. The van der Waals surface area contributed by atoms with Gasteiger partial charge in [0.25, 0.3) is 5.69 Å². The summed E-state index contributed by atoms with van der Waals surface area (Å²) in [5.41, 5.74) is 0.419. The summed E-state index contributed by atoms with van der Waals surface area (Å²) in [5.74, 6) is 0.605. The van der Waals surface area contributed by atoms with Gasteiger partial charge < -0.3 is 14.8 Å². The number of methoxy groups -OCH3 is 1. The average molecular weight is 255 g/mol. The molecule has 7 nitrogen and oxygen atoms in total. The zero-order valence-corrected chi connectivity index (χ0v) is 10.5. The monoisotopic (exact) mass is 255 g/mol. The lowest BCUT2D eigenvalue weighted by Gasteiger charge is -2.07. The number of rotatable bonds is 8. The molecular weight excluding hydrogens is 238 g/mol. The number of nitrogens with one attached hydrogen (secondary N) is 1. The van der Waals surface area contributed by atoms with Crippen LogP contribution in [-0.2, 0) is 9.47 Å². The van der Waals surface area contributed by atoms with Crippen molar-refractivity contribution >= 4 is 11.5 Å². The van der Waals surface area contributed by atoms with E-state index in [0.717, 1.165) is 0 Å². The number of anilines is 1. The molecule has 18 heavy (non-hydrogen) atoms. The summed E-state index contributed by atoms with van der Waals surface area (Å²) in [7, 11) is 1.62. The number of nitro groups is 1. The molecule has 0 radical (unpaired) electrons. The summed E-state index contributed by atoms with van der Waals surface area (Å²) in [6, 6.07) is 3.02. The lowest BCUT2D eigenvalue weighted by atomic mass is 10.3. The van der Waals surface area contributed by atoms with Crippen LogP contribution < -0.4 is 5.32 Å². The quantitative estimate of drug-likeness (QED) is 0.429. The van der Waals surface area contributed by atoms with Crippen molar-refractivity contribution in [3.8, 4) is 0 Å². The van der Waals surface area contributed by atoms with Gasteiger partial charge >= 0.3 is 0 Å². The first-order valence-corrected chi connectivity index (χ1v) is 5.57. The van der Waals surface area contributed by atoms with Crippen LogP contribution in [0.4, 0.5) is 11.5 Å². The normalized spacial score (nSPS) is 10.3. The topological polar surface area (TPSA) is 86.5 Å². The number of pyridine rings is 1. The maximum Gasteiger partial charge on any atom is 0.290 e. The molecule has 0 spiro atoms. The highest BCUT2D eigenvalue weighted by Crippen LogP contribution is 2.17. The fraction of sp³-hybridized carbons (Fsp3) is 0.545. The molecule has 0 aliphatic heterocycles. The predicted octanol–water partition coefficient (Wildman–Crippen LogP) is 1.37. The molecule has 100 valence electrons. The van der Waals surface area contributed by atoms with E-state index in [1.807, 2.05) is 0 Å². The SMILES string of the molecule is COCCOCCNc1ccc([N+](=O)[O-])c(C)n1. The lowest BCUT2D eigenvalue weighted by Crippen LogP contribution is -2.13. The third-order valence-electron chi connectivity index (χ3n) is 2.24. The highest BCUT2D eigenvalue weighted by Gasteiger charge is 2.11. The first-order valence-electron chi connectivity index (χ1n) is 5.57. The van der Waals surface area contributed by atoms with Gasteiger partial charge in [-0.2, -0.15) is 0 Å². The van der Waals surface area contributed by atoms with Gasteiger partial charge in [0.05, 0.1) is 24.7 Å². The van der Waals surface area contributed by atoms with Crippen LogP contribution in [0.2, 0.25) is 0 Å². The number of ether oxygens (including phenoxy) is 2. The highest BCUT2D eigenvalue weighted by atomic mass is 16.6. The van der Waals surface area contributed by atoms with Crippen LogP contribution in [0, 0.1) is 17.0 Å². The number of hydrogen-bond acceptors (Lipinski definition) is 6. The van der Waals surface area contributed by atoms with Gasteiger partial charge in [-0.25, -0.2) is 4.98 Å². The van der Waals surface area contributed by atoms with Crippen molar-refractivity contribution in [3.05, 3.63) is 27.9 Å². The Balaban J connectivity index is 2.35. The van der Waals surface area contributed by atoms with E-state index in [-0.39, 0.29) is 5.69 Å². The third kappa shape index (κ3) is 4.64. The van der Waals surface area contributed by atoms with Crippen LogP contribution in [0.1, 0.15) is 5.69 Å². The molecule has 0 bridgehead atoms. The maximum atomic E-state index is 10.6. The Morgan fingerprint density at radius 2 is 2.17 bits per heavy atom. The summed E-state index contributed by atoms with van der Waals surface area (Å²) in [6.07, 6.45) is 0. The zero-order chi connectivity index (χ0) is 13.4. The van der Waals surface area contributed by atoms with Crippen LogP contribution in [0.5, 0.6) is 0 Å². The Labute approximate surface area is 105 Å². The lowest BCUT2D eigenvalue weighted by molar-refractivity contribution is -0.385. The molecule has 1 heterocycles. The van der Waals surface area contributed by atoms with Crippen molar-refractivity contribution in [2.45, 2.75) is 6.92 Å². The molecule has 0 aromatic carbocycles. The van der Waals surface area contributed by atoms with Crippen molar-refractivity contribution in [2.24, 2.45) is 0 Å². The molecule has 0 aliphatic carbocycles. The van der Waals surface area contributed by atoms with Gasteiger partial charge in [-0.15, -0.1) is 0 Å². The second-order valence-electron chi connectivity index (χ2n) is 3.59. The van der Waals surface area contributed by atoms with Crippen molar-refractivity contribution in [2.75, 3.05) is 38.8 Å². The summed E-state index contributed by atoms with van der Waals surface area (Å²) in [4.78, 5) is 14.3. The molecule has 0 saturated heterocycles. The molecule has 1 aromatic rings. The molecule has 1 rings (SSSR count). The highest BCUT2D eigenvalue weighted by molar-refractivity contribution is 5.44. The van der Waals surface area contributed by atoms with E-state index in [1.54, 1.807) is 20.1 Å². The Morgan fingerprint density at radius 1 is 1.39 bits per heavy atom. The van der Waals surface area contributed by atoms with E-state index in [4.69, 9.17) is 9.47 Å². The summed E-state index contributed by atoms with van der Waals surface area (Å²) in [5, 5.41) is 13.6. The second kappa shape index (κ2) is 7.57. The van der Waals surface area contributed by atoms with Gasteiger partial charge in [0.1, 0.15) is 11.5 Å². The third-order valence-corrected chi connectivity index (χ3v) is 2.24. The maximum absolute atomic E-state index is 10.6. The molecule has 0 atom stereocenters. The van der Waals surface area contributed by atoms with E-state index < -0.39 is 4.92 Å². The van der Waals surface area contributed by atoms with Crippen molar-refractivity contribution in [1.82, 2.24) is 4.98 Å². The van der Waals surface area contributed by atoms with Crippen molar-refractivity contribution < 1.29 is 14.4 Å². The summed E-state index contributed by atoms with van der Waals surface area (Å²) < 4.78 is 10.1. The summed E-state index contributed by atoms with van der Waals surface area (Å²) in [6.45, 7) is 3.84. The van der Waals surface area contributed by atoms with E-state index in [1.165, 1.54) is 6.07 Å². The average Bonchev–Trinajstić information content (AvgIpc) is 2.33. The Hall–Kier alpha value is -1.73. The standard InChI is InChI=1S/C11H17N3O4/c1-9-10(14(15)16)3-4-11(13-9)12-5-6-18-8-7-17-2/h3-4H,5-8H2,1-2H3,(H,12,13). The smallest absolute Gasteiger partial charge is 0.290 e. The molecular formula is C11H17N3O4. The fourth-order valence-corrected chi connectivity index (χ4v) is 1.34. The number of hydrogen-bond donors (Lipinski definition) is 1. The zero-order valence-electron chi connectivity index (χ0n) is 10.5. The Bertz CT molecular complexity index is 398. The van der Waals surface area contributed by atoms with Gasteiger partial charge in [-0.1, -0.05) is 0 Å². The van der Waals surface area contributed by atoms with Crippen LogP contribution >= 0.6 is 0 Å². The number of aryl methyl sites for hydroxylation is 1. The minimum Gasteiger partial charge on any atom is -0.382 e. The molecule has 0 unspecified atom stereocenters. The first-order chi connectivity index (χ1) is 8.65. The number of nitrogens with zero attached hydrogens (tertiary/aromatic N) is 2. The van der Waals surface area contributed by atoms with Gasteiger partial charge in [0.15, 0.2) is 0 Å². The van der Waals surface area contributed by atoms with Gasteiger partial charge in [0, 0.05) is 19.7 Å². The predicted molar refractivity (Wildman–Crippen MR) is 66.8 cm³/mol. The molecule has 0 fully saturated rings. The summed E-state index contributed by atoms with van der Waals surface area (Å²) >= 11 is 0.